The number of phenolic OH excluding ortho intramolecular Hbond substituents is 1. The standard InChI is InChI=1S/C27H37N5O2/c1-5-20-14-19(15-24(34-4)25(20)33)17-28-16-18-10-12-21(13-11-18)29-27-30-23-9-7-6-8-22(23)26(31-27)32(2)3/h6-9,14-15,18,21,28,33H,5,10-13,16-17H2,1-4H3,(H,29,30,31). The Morgan fingerprint density at radius 2 is 1.85 bits per heavy atom. The summed E-state index contributed by atoms with van der Waals surface area (Å²) >= 11 is 0. The van der Waals surface area contributed by atoms with Gasteiger partial charge in [-0.2, -0.15) is 4.98 Å². The topological polar surface area (TPSA) is 82.5 Å². The van der Waals surface area contributed by atoms with E-state index < -0.39 is 0 Å². The van der Waals surface area contributed by atoms with Crippen molar-refractivity contribution in [1.29, 1.82) is 0 Å². The second-order valence-corrected chi connectivity index (χ2v) is 9.43. The van der Waals surface area contributed by atoms with Crippen LogP contribution in [0.3, 0.4) is 0 Å². The SMILES string of the molecule is CCc1cc(CNCC2CCC(Nc3nc(N(C)C)c4ccccc4n3)CC2)cc(OC)c1O. The number of anilines is 2. The predicted molar refractivity (Wildman–Crippen MR) is 139 cm³/mol. The molecule has 3 aromatic rings. The molecule has 1 aliphatic carbocycles. The van der Waals surface area contributed by atoms with Crippen LogP contribution in [0.25, 0.3) is 10.9 Å². The maximum atomic E-state index is 10.2. The van der Waals surface area contributed by atoms with Crippen LogP contribution in [0.15, 0.2) is 36.4 Å². The van der Waals surface area contributed by atoms with E-state index in [4.69, 9.17) is 14.7 Å². The molecule has 0 unspecified atom stereocenters. The molecule has 1 saturated carbocycles. The first-order valence-corrected chi connectivity index (χ1v) is 12.3. The molecule has 0 bridgehead atoms. The van der Waals surface area contributed by atoms with Gasteiger partial charge in [-0.25, -0.2) is 4.98 Å². The maximum Gasteiger partial charge on any atom is 0.225 e. The lowest BCUT2D eigenvalue weighted by atomic mass is 9.86. The van der Waals surface area contributed by atoms with Crippen molar-refractivity contribution in [3.63, 3.8) is 0 Å². The highest BCUT2D eigenvalue weighted by Crippen LogP contribution is 2.32. The average Bonchev–Trinajstić information content (AvgIpc) is 2.85. The molecule has 182 valence electrons. The van der Waals surface area contributed by atoms with E-state index in [1.165, 1.54) is 12.8 Å². The molecule has 7 heteroatoms. The van der Waals surface area contributed by atoms with Crippen molar-refractivity contribution in [1.82, 2.24) is 15.3 Å². The van der Waals surface area contributed by atoms with Crippen LogP contribution in [0.4, 0.5) is 11.8 Å². The van der Waals surface area contributed by atoms with E-state index in [9.17, 15) is 5.11 Å². The average molecular weight is 464 g/mol. The van der Waals surface area contributed by atoms with Crippen molar-refractivity contribution in [2.75, 3.05) is 38.0 Å². The normalized spacial score (nSPS) is 18.1. The molecule has 2 aromatic carbocycles. The Hall–Kier alpha value is -3.06. The van der Waals surface area contributed by atoms with Gasteiger partial charge in [-0.15, -0.1) is 0 Å². The summed E-state index contributed by atoms with van der Waals surface area (Å²) in [5, 5.41) is 18.5. The molecule has 0 atom stereocenters. The molecule has 1 fully saturated rings. The number of fused-ring (bicyclic) bond motifs is 1. The molecule has 1 aromatic heterocycles. The van der Waals surface area contributed by atoms with Gasteiger partial charge in [-0.1, -0.05) is 25.1 Å². The number of aromatic nitrogens is 2. The van der Waals surface area contributed by atoms with Crippen LogP contribution in [-0.2, 0) is 13.0 Å². The number of methoxy groups -OCH3 is 1. The van der Waals surface area contributed by atoms with Crippen molar-refractivity contribution in [3.8, 4) is 11.5 Å². The molecule has 3 N–H and O–H groups in total. The second kappa shape index (κ2) is 10.9. The van der Waals surface area contributed by atoms with Gasteiger partial charge in [0.15, 0.2) is 11.5 Å². The summed E-state index contributed by atoms with van der Waals surface area (Å²) in [7, 11) is 5.64. The van der Waals surface area contributed by atoms with Gasteiger partial charge < -0.3 is 25.4 Å². The Balaban J connectivity index is 1.29. The molecule has 0 radical (unpaired) electrons. The lowest BCUT2D eigenvalue weighted by Crippen LogP contribution is -2.31. The van der Waals surface area contributed by atoms with Crippen molar-refractivity contribution in [2.45, 2.75) is 51.6 Å². The summed E-state index contributed by atoms with van der Waals surface area (Å²) < 4.78 is 5.33. The molecular weight excluding hydrogens is 426 g/mol. The first-order valence-electron chi connectivity index (χ1n) is 12.3. The van der Waals surface area contributed by atoms with Crippen LogP contribution < -0.4 is 20.3 Å². The van der Waals surface area contributed by atoms with Crippen LogP contribution in [-0.4, -0.2) is 48.9 Å². The highest BCUT2D eigenvalue weighted by atomic mass is 16.5. The van der Waals surface area contributed by atoms with Gasteiger partial charge in [0.1, 0.15) is 5.82 Å². The number of rotatable bonds is 9. The zero-order valence-corrected chi connectivity index (χ0v) is 20.8. The minimum absolute atomic E-state index is 0.257. The summed E-state index contributed by atoms with van der Waals surface area (Å²) in [5.74, 6) is 3.14. The smallest absolute Gasteiger partial charge is 0.225 e. The second-order valence-electron chi connectivity index (χ2n) is 9.43. The third-order valence-electron chi connectivity index (χ3n) is 6.76. The number of nitrogens with one attached hydrogen (secondary N) is 2. The van der Waals surface area contributed by atoms with Crippen molar-refractivity contribution >= 4 is 22.7 Å². The molecule has 34 heavy (non-hydrogen) atoms. The predicted octanol–water partition coefficient (Wildman–Crippen LogP) is 4.73. The molecule has 7 nitrogen and oxygen atoms in total. The molecule has 0 aliphatic heterocycles. The van der Waals surface area contributed by atoms with Gasteiger partial charge in [0, 0.05) is 32.1 Å². The quantitative estimate of drug-likeness (QED) is 0.423. The maximum absolute atomic E-state index is 10.2. The molecule has 1 aliphatic rings. The Labute approximate surface area is 202 Å². The van der Waals surface area contributed by atoms with E-state index in [0.717, 1.165) is 66.1 Å². The Kier molecular flexibility index (Phi) is 7.73. The third kappa shape index (κ3) is 5.53. The molecule has 0 spiro atoms. The summed E-state index contributed by atoms with van der Waals surface area (Å²) in [4.78, 5) is 11.6. The molecule has 0 saturated heterocycles. The number of hydrogen-bond donors (Lipinski definition) is 3. The number of hydrogen-bond acceptors (Lipinski definition) is 7. The molecular formula is C27H37N5O2. The fraction of sp³-hybridized carbons (Fsp3) is 0.481. The fourth-order valence-electron chi connectivity index (χ4n) is 4.84. The Morgan fingerprint density at radius 1 is 1.09 bits per heavy atom. The summed E-state index contributed by atoms with van der Waals surface area (Å²) in [6.07, 6.45) is 5.37. The Bertz CT molecular complexity index is 1080. The first-order chi connectivity index (χ1) is 16.5. The number of phenols is 1. The first kappa shape index (κ1) is 24.1. The number of aryl methyl sites for hydroxylation is 1. The highest BCUT2D eigenvalue weighted by Gasteiger charge is 2.22. The van der Waals surface area contributed by atoms with Gasteiger partial charge in [0.25, 0.3) is 0 Å². The van der Waals surface area contributed by atoms with Crippen molar-refractivity contribution in [3.05, 3.63) is 47.5 Å². The van der Waals surface area contributed by atoms with E-state index in [1.807, 2.05) is 50.2 Å². The minimum Gasteiger partial charge on any atom is -0.504 e. The van der Waals surface area contributed by atoms with Crippen molar-refractivity contribution < 1.29 is 9.84 Å². The number of para-hydroxylation sites is 1. The zero-order chi connectivity index (χ0) is 24.1. The fourth-order valence-corrected chi connectivity index (χ4v) is 4.84. The zero-order valence-electron chi connectivity index (χ0n) is 20.8. The van der Waals surface area contributed by atoms with Gasteiger partial charge in [-0.05, 0) is 73.9 Å². The molecule has 0 amide bonds. The van der Waals surface area contributed by atoms with E-state index in [0.29, 0.717) is 17.7 Å². The van der Waals surface area contributed by atoms with Crippen LogP contribution in [0.2, 0.25) is 0 Å². The van der Waals surface area contributed by atoms with Gasteiger partial charge in [0.2, 0.25) is 5.95 Å². The summed E-state index contributed by atoms with van der Waals surface area (Å²) in [5.41, 5.74) is 3.04. The van der Waals surface area contributed by atoms with E-state index in [1.54, 1.807) is 7.11 Å². The van der Waals surface area contributed by atoms with E-state index in [2.05, 4.69) is 22.8 Å². The highest BCUT2D eigenvalue weighted by molar-refractivity contribution is 5.90. The summed E-state index contributed by atoms with van der Waals surface area (Å²) in [6.45, 7) is 3.82. The van der Waals surface area contributed by atoms with Crippen LogP contribution >= 0.6 is 0 Å². The van der Waals surface area contributed by atoms with Crippen LogP contribution in [0, 0.1) is 5.92 Å². The minimum atomic E-state index is 0.257. The number of ether oxygens (including phenoxy) is 1. The van der Waals surface area contributed by atoms with Gasteiger partial charge in [0.05, 0.1) is 12.6 Å². The van der Waals surface area contributed by atoms with Crippen molar-refractivity contribution in [2.24, 2.45) is 5.92 Å². The van der Waals surface area contributed by atoms with Gasteiger partial charge >= 0.3 is 0 Å². The molecule has 4 rings (SSSR count). The largest absolute Gasteiger partial charge is 0.504 e. The monoisotopic (exact) mass is 463 g/mol. The number of aromatic hydroxyl groups is 1. The van der Waals surface area contributed by atoms with Crippen LogP contribution in [0.5, 0.6) is 11.5 Å². The summed E-state index contributed by atoms with van der Waals surface area (Å²) in [6, 6.07) is 12.6. The number of benzene rings is 2. The molecule has 1 heterocycles. The number of nitrogens with zero attached hydrogens (tertiary/aromatic N) is 3. The van der Waals surface area contributed by atoms with E-state index >= 15 is 0 Å². The van der Waals surface area contributed by atoms with Gasteiger partial charge in [-0.3, -0.25) is 0 Å². The Morgan fingerprint density at radius 3 is 2.56 bits per heavy atom. The lowest BCUT2D eigenvalue weighted by Gasteiger charge is -2.29. The van der Waals surface area contributed by atoms with Crippen LogP contribution in [0.1, 0.15) is 43.7 Å². The lowest BCUT2D eigenvalue weighted by molar-refractivity contribution is 0.323. The third-order valence-corrected chi connectivity index (χ3v) is 6.76. The van der Waals surface area contributed by atoms with E-state index in [-0.39, 0.29) is 5.75 Å².